The third-order valence-corrected chi connectivity index (χ3v) is 2.11. The molecule has 0 bridgehead atoms. The summed E-state index contributed by atoms with van der Waals surface area (Å²) >= 11 is 0. The largest absolute Gasteiger partial charge is 0.494 e. The molecule has 2 N–H and O–H groups in total. The van der Waals surface area contributed by atoms with Crippen LogP contribution < -0.4 is 15.4 Å². The first-order chi connectivity index (χ1) is 8.11. The molecule has 94 valence electrons. The van der Waals surface area contributed by atoms with Gasteiger partial charge >= 0.3 is 6.03 Å². The van der Waals surface area contributed by atoms with Crippen LogP contribution >= 0.6 is 0 Å². The van der Waals surface area contributed by atoms with Crippen LogP contribution in [-0.2, 0) is 6.54 Å². The Morgan fingerprint density at radius 1 is 1.29 bits per heavy atom. The average Bonchev–Trinajstić information content (AvgIpc) is 2.28. The van der Waals surface area contributed by atoms with Gasteiger partial charge in [-0.2, -0.15) is 0 Å². The van der Waals surface area contributed by atoms with Gasteiger partial charge in [-0.3, -0.25) is 0 Å². The molecule has 1 aromatic rings. The molecule has 2 amide bonds. The lowest BCUT2D eigenvalue weighted by Crippen LogP contribution is -2.38. The molecule has 0 fully saturated rings. The summed E-state index contributed by atoms with van der Waals surface area (Å²) in [6, 6.07) is 7.70. The summed E-state index contributed by atoms with van der Waals surface area (Å²) in [6.07, 6.45) is 0. The first-order valence-corrected chi connectivity index (χ1v) is 5.88. The Kier molecular flexibility index (Phi) is 5.33. The minimum atomic E-state index is -0.145. The minimum absolute atomic E-state index is 0.145. The molecule has 4 heteroatoms. The van der Waals surface area contributed by atoms with Crippen molar-refractivity contribution in [1.29, 1.82) is 0 Å². The molecule has 0 spiro atoms. The highest BCUT2D eigenvalue weighted by atomic mass is 16.5. The van der Waals surface area contributed by atoms with Crippen LogP contribution in [0.15, 0.2) is 24.3 Å². The highest BCUT2D eigenvalue weighted by Crippen LogP contribution is 2.11. The smallest absolute Gasteiger partial charge is 0.315 e. The molecule has 0 aliphatic carbocycles. The highest BCUT2D eigenvalue weighted by Gasteiger charge is 2.02. The molecule has 17 heavy (non-hydrogen) atoms. The van der Waals surface area contributed by atoms with E-state index in [-0.39, 0.29) is 12.1 Å². The normalized spacial score (nSPS) is 10.1. The molecule has 0 saturated heterocycles. The van der Waals surface area contributed by atoms with Crippen molar-refractivity contribution < 1.29 is 9.53 Å². The fourth-order valence-corrected chi connectivity index (χ4v) is 1.37. The number of amides is 2. The van der Waals surface area contributed by atoms with Gasteiger partial charge in [-0.25, -0.2) is 4.79 Å². The van der Waals surface area contributed by atoms with E-state index in [2.05, 4.69) is 10.6 Å². The third kappa shape index (κ3) is 5.24. The highest BCUT2D eigenvalue weighted by molar-refractivity contribution is 5.74. The fourth-order valence-electron chi connectivity index (χ4n) is 1.37. The maximum atomic E-state index is 11.3. The first kappa shape index (κ1) is 13.4. The van der Waals surface area contributed by atoms with E-state index >= 15 is 0 Å². The zero-order valence-electron chi connectivity index (χ0n) is 10.6. The molecular formula is C13H20N2O2. The van der Waals surface area contributed by atoms with E-state index in [0.29, 0.717) is 13.2 Å². The van der Waals surface area contributed by atoms with Crippen LogP contribution in [0.2, 0.25) is 0 Å². The number of ether oxygens (including phenoxy) is 1. The van der Waals surface area contributed by atoms with Gasteiger partial charge in [0.1, 0.15) is 5.75 Å². The fraction of sp³-hybridized carbons (Fsp3) is 0.462. The Hall–Kier alpha value is -1.71. The van der Waals surface area contributed by atoms with Gasteiger partial charge in [-0.1, -0.05) is 12.1 Å². The molecule has 0 unspecified atom stereocenters. The quantitative estimate of drug-likeness (QED) is 0.824. The molecule has 0 saturated carbocycles. The number of hydrogen-bond donors (Lipinski definition) is 2. The lowest BCUT2D eigenvalue weighted by Gasteiger charge is -2.10. The third-order valence-electron chi connectivity index (χ3n) is 2.11. The lowest BCUT2D eigenvalue weighted by molar-refractivity contribution is 0.238. The molecule has 0 aliphatic rings. The number of urea groups is 1. The second-order valence-electron chi connectivity index (χ2n) is 4.06. The van der Waals surface area contributed by atoms with Gasteiger partial charge in [0.25, 0.3) is 0 Å². The Balaban J connectivity index is 2.39. The maximum Gasteiger partial charge on any atom is 0.315 e. The molecule has 0 atom stereocenters. The van der Waals surface area contributed by atoms with Gasteiger partial charge in [0.15, 0.2) is 0 Å². The molecule has 1 aromatic carbocycles. The van der Waals surface area contributed by atoms with E-state index in [4.69, 9.17) is 4.74 Å². The SMILES string of the molecule is CCOc1ccc(CNC(=O)NC(C)C)cc1. The molecule has 0 aromatic heterocycles. The van der Waals surface area contributed by atoms with Gasteiger partial charge in [-0.15, -0.1) is 0 Å². The Labute approximate surface area is 102 Å². The van der Waals surface area contributed by atoms with Gasteiger partial charge in [0, 0.05) is 12.6 Å². The Bertz CT molecular complexity index is 347. The van der Waals surface area contributed by atoms with E-state index in [1.54, 1.807) is 0 Å². The molecular weight excluding hydrogens is 216 g/mol. The average molecular weight is 236 g/mol. The van der Waals surface area contributed by atoms with Crippen LogP contribution in [0.4, 0.5) is 4.79 Å². The number of rotatable bonds is 5. The summed E-state index contributed by atoms with van der Waals surface area (Å²) in [4.78, 5) is 11.3. The summed E-state index contributed by atoms with van der Waals surface area (Å²) in [5, 5.41) is 5.56. The van der Waals surface area contributed by atoms with Crippen LogP contribution in [0.25, 0.3) is 0 Å². The van der Waals surface area contributed by atoms with E-state index in [0.717, 1.165) is 11.3 Å². The topological polar surface area (TPSA) is 50.4 Å². The van der Waals surface area contributed by atoms with Gasteiger partial charge < -0.3 is 15.4 Å². The lowest BCUT2D eigenvalue weighted by atomic mass is 10.2. The van der Waals surface area contributed by atoms with Crippen LogP contribution in [0.3, 0.4) is 0 Å². The number of nitrogens with one attached hydrogen (secondary N) is 2. The monoisotopic (exact) mass is 236 g/mol. The van der Waals surface area contributed by atoms with E-state index in [9.17, 15) is 4.79 Å². The van der Waals surface area contributed by atoms with Crippen molar-refractivity contribution >= 4 is 6.03 Å². The molecule has 4 nitrogen and oxygen atoms in total. The number of benzene rings is 1. The van der Waals surface area contributed by atoms with Crippen LogP contribution in [-0.4, -0.2) is 18.7 Å². The number of hydrogen-bond acceptors (Lipinski definition) is 2. The van der Waals surface area contributed by atoms with Crippen molar-refractivity contribution in [1.82, 2.24) is 10.6 Å². The van der Waals surface area contributed by atoms with Crippen LogP contribution in [0.5, 0.6) is 5.75 Å². The summed E-state index contributed by atoms with van der Waals surface area (Å²) in [5.41, 5.74) is 1.05. The van der Waals surface area contributed by atoms with Gasteiger partial charge in [-0.05, 0) is 38.5 Å². The van der Waals surface area contributed by atoms with Crippen molar-refractivity contribution in [3.63, 3.8) is 0 Å². The first-order valence-electron chi connectivity index (χ1n) is 5.88. The van der Waals surface area contributed by atoms with E-state index < -0.39 is 0 Å². The van der Waals surface area contributed by atoms with Crippen LogP contribution in [0, 0.1) is 0 Å². The summed E-state index contributed by atoms with van der Waals surface area (Å²) < 4.78 is 5.34. The van der Waals surface area contributed by atoms with Crippen molar-refractivity contribution in [3.05, 3.63) is 29.8 Å². The van der Waals surface area contributed by atoms with Crippen molar-refractivity contribution in [3.8, 4) is 5.75 Å². The van der Waals surface area contributed by atoms with Gasteiger partial charge in [0.05, 0.1) is 6.61 Å². The summed E-state index contributed by atoms with van der Waals surface area (Å²) in [5.74, 6) is 0.850. The predicted molar refractivity (Wildman–Crippen MR) is 68.1 cm³/mol. The Morgan fingerprint density at radius 3 is 2.47 bits per heavy atom. The van der Waals surface area contributed by atoms with Gasteiger partial charge in [0.2, 0.25) is 0 Å². The zero-order valence-corrected chi connectivity index (χ0v) is 10.6. The van der Waals surface area contributed by atoms with Crippen molar-refractivity contribution in [2.75, 3.05) is 6.61 Å². The minimum Gasteiger partial charge on any atom is -0.494 e. The zero-order chi connectivity index (χ0) is 12.7. The standard InChI is InChI=1S/C13H20N2O2/c1-4-17-12-7-5-11(6-8-12)9-14-13(16)15-10(2)3/h5-8,10H,4,9H2,1-3H3,(H2,14,15,16). The molecule has 1 rings (SSSR count). The summed E-state index contributed by atoms with van der Waals surface area (Å²) in [7, 11) is 0. The molecule has 0 aliphatic heterocycles. The second-order valence-corrected chi connectivity index (χ2v) is 4.06. The second kappa shape index (κ2) is 6.78. The molecule has 0 heterocycles. The van der Waals surface area contributed by atoms with Crippen molar-refractivity contribution in [2.24, 2.45) is 0 Å². The van der Waals surface area contributed by atoms with E-state index in [1.165, 1.54) is 0 Å². The summed E-state index contributed by atoms with van der Waals surface area (Å²) in [6.45, 7) is 6.98. The van der Waals surface area contributed by atoms with Crippen LogP contribution in [0.1, 0.15) is 26.3 Å². The Morgan fingerprint density at radius 2 is 1.94 bits per heavy atom. The van der Waals surface area contributed by atoms with Crippen molar-refractivity contribution in [2.45, 2.75) is 33.4 Å². The number of carbonyl (C=O) groups is 1. The number of carbonyl (C=O) groups excluding carboxylic acids is 1. The van der Waals surface area contributed by atoms with E-state index in [1.807, 2.05) is 45.0 Å². The maximum absolute atomic E-state index is 11.3. The molecule has 0 radical (unpaired) electrons. The predicted octanol–water partition coefficient (Wildman–Crippen LogP) is 2.29.